The molecule has 0 radical (unpaired) electrons. The summed E-state index contributed by atoms with van der Waals surface area (Å²) in [5.41, 5.74) is 1.55. The van der Waals surface area contributed by atoms with Gasteiger partial charge in [0.25, 0.3) is 5.91 Å². The molecule has 0 fully saturated rings. The van der Waals surface area contributed by atoms with Crippen molar-refractivity contribution < 1.29 is 24.2 Å². The van der Waals surface area contributed by atoms with Crippen LogP contribution in [0.1, 0.15) is 52.5 Å². The van der Waals surface area contributed by atoms with Crippen molar-refractivity contribution in [2.75, 3.05) is 19.0 Å². The Labute approximate surface area is 169 Å². The summed E-state index contributed by atoms with van der Waals surface area (Å²) in [4.78, 5) is 23.8. The van der Waals surface area contributed by atoms with Crippen LogP contribution in [0.25, 0.3) is 0 Å². The van der Waals surface area contributed by atoms with Gasteiger partial charge < -0.3 is 19.9 Å². The van der Waals surface area contributed by atoms with E-state index in [2.05, 4.69) is 12.2 Å². The van der Waals surface area contributed by atoms with Gasteiger partial charge in [-0.2, -0.15) is 0 Å². The lowest BCUT2D eigenvalue weighted by molar-refractivity contribution is 0.0696. The second-order valence-electron chi connectivity index (χ2n) is 6.33. The predicted molar refractivity (Wildman–Crippen MR) is 109 cm³/mol. The number of carbonyl (C=O) groups excluding carboxylic acids is 1. The number of unbranched alkanes of at least 4 members (excludes halogenated alkanes) is 2. The summed E-state index contributed by atoms with van der Waals surface area (Å²) in [6, 6.07) is 7.70. The first kappa shape index (κ1) is 21.6. The molecule has 0 spiro atoms. The van der Waals surface area contributed by atoms with Crippen molar-refractivity contribution in [3.05, 3.63) is 52.0 Å². The zero-order chi connectivity index (χ0) is 20.7. The third-order valence-corrected chi connectivity index (χ3v) is 4.48. The fraction of sp³-hybridized carbons (Fsp3) is 0.333. The van der Waals surface area contributed by atoms with E-state index in [1.807, 2.05) is 0 Å². The number of hydrogen-bond acceptors (Lipinski definition) is 4. The van der Waals surface area contributed by atoms with Gasteiger partial charge >= 0.3 is 5.97 Å². The molecule has 2 aromatic carbocycles. The minimum absolute atomic E-state index is 0.188. The van der Waals surface area contributed by atoms with Crippen LogP contribution in [-0.2, 0) is 0 Å². The van der Waals surface area contributed by atoms with Crippen molar-refractivity contribution in [3.63, 3.8) is 0 Å². The molecule has 2 aromatic rings. The zero-order valence-corrected chi connectivity index (χ0v) is 16.9. The lowest BCUT2D eigenvalue weighted by atomic mass is 10.1. The largest absolute Gasteiger partial charge is 0.491 e. The van der Waals surface area contributed by atoms with Crippen molar-refractivity contribution in [3.8, 4) is 11.5 Å². The molecule has 0 unspecified atom stereocenters. The third-order valence-electron chi connectivity index (χ3n) is 4.20. The predicted octanol–water partition coefficient (Wildman–Crippen LogP) is 5.18. The van der Waals surface area contributed by atoms with Crippen molar-refractivity contribution in [2.45, 2.75) is 33.1 Å². The second kappa shape index (κ2) is 9.99. The van der Waals surface area contributed by atoms with Crippen LogP contribution in [0.2, 0.25) is 5.02 Å². The SMILES string of the molecule is CCCCCOc1cc(C(=O)Nc2ccc(C(=O)O)c(C)c2)cc(Cl)c1OC. The number of ether oxygens (including phenoxy) is 2. The molecule has 0 heterocycles. The molecule has 150 valence electrons. The van der Waals surface area contributed by atoms with Gasteiger partial charge in [-0.1, -0.05) is 31.4 Å². The first-order valence-electron chi connectivity index (χ1n) is 9.03. The molecule has 28 heavy (non-hydrogen) atoms. The monoisotopic (exact) mass is 405 g/mol. The standard InChI is InChI=1S/C21H24ClNO5/c1-4-5-6-9-28-18-12-14(11-17(22)19(18)27-3)20(24)23-15-7-8-16(21(25)26)13(2)10-15/h7-8,10-12H,4-6,9H2,1-3H3,(H,23,24)(H,25,26). The number of methoxy groups -OCH3 is 1. The molecule has 0 aromatic heterocycles. The smallest absolute Gasteiger partial charge is 0.335 e. The zero-order valence-electron chi connectivity index (χ0n) is 16.2. The number of carboxylic acid groups (broad SMARTS) is 1. The number of rotatable bonds is 9. The number of anilines is 1. The highest BCUT2D eigenvalue weighted by atomic mass is 35.5. The van der Waals surface area contributed by atoms with Gasteiger partial charge in [0.15, 0.2) is 11.5 Å². The van der Waals surface area contributed by atoms with Gasteiger partial charge in [0, 0.05) is 11.3 Å². The summed E-state index contributed by atoms with van der Waals surface area (Å²) >= 11 is 6.25. The third kappa shape index (κ3) is 5.39. The molecule has 0 bridgehead atoms. The second-order valence-corrected chi connectivity index (χ2v) is 6.74. The molecule has 0 aliphatic heterocycles. The summed E-state index contributed by atoms with van der Waals surface area (Å²) in [5.74, 6) is -0.599. The molecule has 2 N–H and O–H groups in total. The average molecular weight is 406 g/mol. The fourth-order valence-electron chi connectivity index (χ4n) is 2.72. The van der Waals surface area contributed by atoms with Gasteiger partial charge in [0.05, 0.1) is 24.3 Å². The number of carbonyl (C=O) groups is 2. The van der Waals surface area contributed by atoms with E-state index in [1.165, 1.54) is 19.2 Å². The highest BCUT2D eigenvalue weighted by Gasteiger charge is 2.17. The van der Waals surface area contributed by atoms with Crippen molar-refractivity contribution in [2.24, 2.45) is 0 Å². The fourth-order valence-corrected chi connectivity index (χ4v) is 3.01. The van der Waals surface area contributed by atoms with Crippen LogP contribution in [0.15, 0.2) is 30.3 Å². The molecular weight excluding hydrogens is 382 g/mol. The maximum atomic E-state index is 12.6. The number of nitrogens with one attached hydrogen (secondary N) is 1. The topological polar surface area (TPSA) is 84.9 Å². The lowest BCUT2D eigenvalue weighted by Gasteiger charge is -2.14. The van der Waals surface area contributed by atoms with E-state index in [4.69, 9.17) is 26.2 Å². The number of aromatic carboxylic acids is 1. The van der Waals surface area contributed by atoms with E-state index in [-0.39, 0.29) is 16.5 Å². The van der Waals surface area contributed by atoms with Crippen LogP contribution in [0, 0.1) is 6.92 Å². The summed E-state index contributed by atoms with van der Waals surface area (Å²) in [6.07, 6.45) is 3.01. The van der Waals surface area contributed by atoms with Crippen LogP contribution < -0.4 is 14.8 Å². The first-order valence-corrected chi connectivity index (χ1v) is 9.40. The van der Waals surface area contributed by atoms with Crippen LogP contribution in [-0.4, -0.2) is 30.7 Å². The molecule has 0 atom stereocenters. The maximum Gasteiger partial charge on any atom is 0.335 e. The summed E-state index contributed by atoms with van der Waals surface area (Å²) in [7, 11) is 1.49. The molecule has 0 saturated carbocycles. The van der Waals surface area contributed by atoms with E-state index >= 15 is 0 Å². The summed E-state index contributed by atoms with van der Waals surface area (Å²) < 4.78 is 11.1. The summed E-state index contributed by atoms with van der Waals surface area (Å²) in [6.45, 7) is 4.28. The van der Waals surface area contributed by atoms with Crippen molar-refractivity contribution in [1.29, 1.82) is 0 Å². The van der Waals surface area contributed by atoms with E-state index in [1.54, 1.807) is 25.1 Å². The molecule has 0 aliphatic carbocycles. The number of carboxylic acids is 1. The Hall–Kier alpha value is -2.73. The minimum Gasteiger partial charge on any atom is -0.491 e. The normalized spacial score (nSPS) is 10.4. The number of halogens is 1. The van der Waals surface area contributed by atoms with E-state index in [0.29, 0.717) is 34.9 Å². The first-order chi connectivity index (χ1) is 13.4. The Morgan fingerprint density at radius 2 is 1.93 bits per heavy atom. The van der Waals surface area contributed by atoms with Crippen LogP contribution in [0.3, 0.4) is 0 Å². The van der Waals surface area contributed by atoms with E-state index in [0.717, 1.165) is 19.3 Å². The Morgan fingerprint density at radius 1 is 1.18 bits per heavy atom. The van der Waals surface area contributed by atoms with Gasteiger partial charge in [0.1, 0.15) is 0 Å². The van der Waals surface area contributed by atoms with E-state index in [9.17, 15) is 9.59 Å². The molecule has 0 aliphatic rings. The van der Waals surface area contributed by atoms with Gasteiger partial charge in [0.2, 0.25) is 0 Å². The molecule has 0 saturated heterocycles. The van der Waals surface area contributed by atoms with Crippen molar-refractivity contribution >= 4 is 29.2 Å². The van der Waals surface area contributed by atoms with E-state index < -0.39 is 5.97 Å². The number of aryl methyl sites for hydroxylation is 1. The number of hydrogen-bond donors (Lipinski definition) is 2. The Bertz CT molecular complexity index is 866. The molecule has 6 nitrogen and oxygen atoms in total. The van der Waals surface area contributed by atoms with Crippen LogP contribution in [0.4, 0.5) is 5.69 Å². The lowest BCUT2D eigenvalue weighted by Crippen LogP contribution is -2.13. The van der Waals surface area contributed by atoms with Gasteiger partial charge in [-0.15, -0.1) is 0 Å². The number of amides is 1. The maximum absolute atomic E-state index is 12.6. The minimum atomic E-state index is -1.01. The Kier molecular flexibility index (Phi) is 7.70. The Morgan fingerprint density at radius 3 is 2.54 bits per heavy atom. The van der Waals surface area contributed by atoms with Crippen molar-refractivity contribution in [1.82, 2.24) is 0 Å². The molecule has 7 heteroatoms. The summed E-state index contributed by atoms with van der Waals surface area (Å²) in [5, 5.41) is 12.1. The average Bonchev–Trinajstić information content (AvgIpc) is 2.64. The van der Waals surface area contributed by atoms with Crippen LogP contribution in [0.5, 0.6) is 11.5 Å². The molecule has 2 rings (SSSR count). The molecular formula is C21H24ClNO5. The highest BCUT2D eigenvalue weighted by Crippen LogP contribution is 2.36. The van der Waals surface area contributed by atoms with Crippen LogP contribution >= 0.6 is 11.6 Å². The van der Waals surface area contributed by atoms with Gasteiger partial charge in [-0.25, -0.2) is 4.79 Å². The molecule has 1 amide bonds. The Balaban J connectivity index is 2.21. The highest BCUT2D eigenvalue weighted by molar-refractivity contribution is 6.32. The van der Waals surface area contributed by atoms with Gasteiger partial charge in [-0.3, -0.25) is 4.79 Å². The van der Waals surface area contributed by atoms with Gasteiger partial charge in [-0.05, 0) is 49.2 Å². The quantitative estimate of drug-likeness (QED) is 0.561. The number of benzene rings is 2.